The first-order chi connectivity index (χ1) is 13.1. The van der Waals surface area contributed by atoms with Crippen LogP contribution >= 0.6 is 15.9 Å². The minimum absolute atomic E-state index is 0.0339. The summed E-state index contributed by atoms with van der Waals surface area (Å²) in [5, 5.41) is 5.15. The molecule has 0 unspecified atom stereocenters. The second-order valence-corrected chi connectivity index (χ2v) is 8.66. The Labute approximate surface area is 170 Å². The van der Waals surface area contributed by atoms with Crippen LogP contribution in [0.4, 0.5) is 10.1 Å². The van der Waals surface area contributed by atoms with Crippen molar-refractivity contribution in [1.82, 2.24) is 10.0 Å². The number of hydrogen-bond acceptors (Lipinski definition) is 4. The fourth-order valence-electron chi connectivity index (χ4n) is 2.29. The minimum atomic E-state index is -3.81. The molecular formula is C18H19BrFN3O4S. The van der Waals surface area contributed by atoms with Crippen molar-refractivity contribution >= 4 is 43.5 Å². The minimum Gasteiger partial charge on any atom is -0.351 e. The molecule has 10 heteroatoms. The number of carbonyl (C=O) groups excluding carboxylic acids is 2. The van der Waals surface area contributed by atoms with Crippen molar-refractivity contribution in [3.05, 3.63) is 57.8 Å². The summed E-state index contributed by atoms with van der Waals surface area (Å²) in [6, 6.07) is 8.36. The normalized spacial score (nSPS) is 11.1. The Morgan fingerprint density at radius 2 is 1.86 bits per heavy atom. The molecule has 0 aliphatic rings. The van der Waals surface area contributed by atoms with Crippen LogP contribution < -0.4 is 15.4 Å². The largest absolute Gasteiger partial charge is 0.351 e. The van der Waals surface area contributed by atoms with Crippen LogP contribution in [0.3, 0.4) is 0 Å². The number of nitrogens with one attached hydrogen (secondary N) is 3. The number of halogens is 2. The number of carbonyl (C=O) groups is 2. The molecule has 0 aliphatic heterocycles. The van der Waals surface area contributed by atoms with Crippen LogP contribution in [0.15, 0.2) is 45.8 Å². The lowest BCUT2D eigenvalue weighted by atomic mass is 10.2. The van der Waals surface area contributed by atoms with Crippen LogP contribution in [-0.2, 0) is 14.8 Å². The molecule has 2 aromatic carbocycles. The number of hydrogen-bond donors (Lipinski definition) is 3. The monoisotopic (exact) mass is 471 g/mol. The zero-order valence-corrected chi connectivity index (χ0v) is 17.6. The third kappa shape index (κ3) is 5.60. The predicted octanol–water partition coefficient (Wildman–Crippen LogP) is 2.56. The van der Waals surface area contributed by atoms with E-state index in [9.17, 15) is 22.4 Å². The molecule has 0 saturated carbocycles. The van der Waals surface area contributed by atoms with Crippen LogP contribution in [0.1, 0.15) is 22.3 Å². The zero-order valence-electron chi connectivity index (χ0n) is 15.2. The maximum absolute atomic E-state index is 13.9. The molecule has 0 bridgehead atoms. The second kappa shape index (κ2) is 9.26. The second-order valence-electron chi connectivity index (χ2n) is 5.86. The van der Waals surface area contributed by atoms with Gasteiger partial charge in [0.2, 0.25) is 15.9 Å². The average Bonchev–Trinajstić information content (AvgIpc) is 2.64. The predicted molar refractivity (Wildman–Crippen MR) is 107 cm³/mol. The summed E-state index contributed by atoms with van der Waals surface area (Å²) in [5.74, 6) is -1.99. The van der Waals surface area contributed by atoms with Crippen LogP contribution in [0, 0.1) is 12.7 Å². The van der Waals surface area contributed by atoms with Gasteiger partial charge in [-0.25, -0.2) is 17.5 Å². The Kier molecular flexibility index (Phi) is 7.28. The maximum atomic E-state index is 13.9. The Balaban J connectivity index is 1.98. The Hall–Kier alpha value is -2.30. The topological polar surface area (TPSA) is 104 Å². The first kappa shape index (κ1) is 22.0. The van der Waals surface area contributed by atoms with Crippen LogP contribution in [0.25, 0.3) is 0 Å². The van der Waals surface area contributed by atoms with E-state index in [0.29, 0.717) is 5.69 Å². The summed E-state index contributed by atoms with van der Waals surface area (Å²) in [4.78, 5) is 24.0. The van der Waals surface area contributed by atoms with Gasteiger partial charge < -0.3 is 10.6 Å². The van der Waals surface area contributed by atoms with E-state index in [1.54, 1.807) is 6.07 Å². The number of amides is 2. The summed E-state index contributed by atoms with van der Waals surface area (Å²) < 4.78 is 40.4. The standard InChI is InChI=1S/C18H19BrFN3O4S/c1-11-3-4-12(19)9-16(11)23-17(24)7-8-22-18(25)14-10-13(5-6-15(14)20)28(26,27)21-2/h3-6,9-10,21H,7-8H2,1-2H3,(H,22,25)(H,23,24). The SMILES string of the molecule is CNS(=O)(=O)c1ccc(F)c(C(=O)NCCC(=O)Nc2cc(Br)ccc2C)c1. The van der Waals surface area contributed by atoms with Gasteiger partial charge in [0.05, 0.1) is 10.5 Å². The van der Waals surface area contributed by atoms with E-state index in [2.05, 4.69) is 31.3 Å². The van der Waals surface area contributed by atoms with Gasteiger partial charge in [0.25, 0.3) is 5.91 Å². The van der Waals surface area contributed by atoms with Gasteiger partial charge >= 0.3 is 0 Å². The number of sulfonamides is 1. The molecule has 0 aliphatic carbocycles. The number of anilines is 1. The van der Waals surface area contributed by atoms with Crippen molar-refractivity contribution in [3.63, 3.8) is 0 Å². The van der Waals surface area contributed by atoms with Crippen molar-refractivity contribution < 1.29 is 22.4 Å². The number of benzene rings is 2. The summed E-state index contributed by atoms with van der Waals surface area (Å²) >= 11 is 3.32. The molecule has 2 rings (SSSR count). The van der Waals surface area contributed by atoms with Crippen molar-refractivity contribution in [3.8, 4) is 0 Å². The number of rotatable bonds is 7. The molecule has 0 saturated heterocycles. The van der Waals surface area contributed by atoms with Gasteiger partial charge in [-0.1, -0.05) is 22.0 Å². The molecule has 2 amide bonds. The molecular weight excluding hydrogens is 453 g/mol. The van der Waals surface area contributed by atoms with Gasteiger partial charge in [0.1, 0.15) is 5.82 Å². The Bertz CT molecular complexity index is 1010. The molecule has 0 aromatic heterocycles. The highest BCUT2D eigenvalue weighted by Gasteiger charge is 2.18. The molecule has 2 aromatic rings. The molecule has 0 spiro atoms. The van der Waals surface area contributed by atoms with Gasteiger partial charge in [-0.15, -0.1) is 0 Å². The number of aryl methyl sites for hydroxylation is 1. The van der Waals surface area contributed by atoms with Crippen molar-refractivity contribution in [1.29, 1.82) is 0 Å². The summed E-state index contributed by atoms with van der Waals surface area (Å²) in [5.41, 5.74) is 1.10. The van der Waals surface area contributed by atoms with E-state index >= 15 is 0 Å². The Morgan fingerprint density at radius 1 is 1.14 bits per heavy atom. The third-order valence-corrected chi connectivity index (χ3v) is 5.78. The van der Waals surface area contributed by atoms with E-state index in [1.165, 1.54) is 7.05 Å². The fourth-order valence-corrected chi connectivity index (χ4v) is 3.41. The van der Waals surface area contributed by atoms with E-state index in [1.807, 2.05) is 19.1 Å². The highest BCUT2D eigenvalue weighted by atomic mass is 79.9. The zero-order chi connectivity index (χ0) is 20.9. The molecule has 0 heterocycles. The van der Waals surface area contributed by atoms with E-state index in [-0.39, 0.29) is 23.8 Å². The van der Waals surface area contributed by atoms with E-state index in [0.717, 1.165) is 28.2 Å². The molecule has 0 atom stereocenters. The first-order valence-corrected chi connectivity index (χ1v) is 10.5. The molecule has 0 radical (unpaired) electrons. The van der Waals surface area contributed by atoms with Gasteiger partial charge in [0.15, 0.2) is 0 Å². The van der Waals surface area contributed by atoms with Crippen molar-refractivity contribution in [2.45, 2.75) is 18.2 Å². The van der Waals surface area contributed by atoms with Crippen molar-refractivity contribution in [2.24, 2.45) is 0 Å². The Morgan fingerprint density at radius 3 is 2.54 bits per heavy atom. The lowest BCUT2D eigenvalue weighted by Crippen LogP contribution is -2.29. The van der Waals surface area contributed by atoms with E-state index < -0.39 is 27.3 Å². The quantitative estimate of drug-likeness (QED) is 0.576. The van der Waals surface area contributed by atoms with Gasteiger partial charge in [-0.3, -0.25) is 9.59 Å². The highest BCUT2D eigenvalue weighted by molar-refractivity contribution is 9.10. The molecule has 7 nitrogen and oxygen atoms in total. The van der Waals surface area contributed by atoms with Gasteiger partial charge in [0, 0.05) is 23.1 Å². The summed E-state index contributed by atoms with van der Waals surface area (Å²) in [7, 11) is -2.60. The first-order valence-electron chi connectivity index (χ1n) is 8.21. The molecule has 28 heavy (non-hydrogen) atoms. The summed E-state index contributed by atoms with van der Waals surface area (Å²) in [6.45, 7) is 1.80. The van der Waals surface area contributed by atoms with Crippen LogP contribution in [-0.4, -0.2) is 33.8 Å². The fraction of sp³-hybridized carbons (Fsp3) is 0.222. The summed E-state index contributed by atoms with van der Waals surface area (Å²) in [6.07, 6.45) is -0.0339. The smallest absolute Gasteiger partial charge is 0.254 e. The van der Waals surface area contributed by atoms with E-state index in [4.69, 9.17) is 0 Å². The van der Waals surface area contributed by atoms with Gasteiger partial charge in [-0.2, -0.15) is 0 Å². The molecule has 150 valence electrons. The van der Waals surface area contributed by atoms with Crippen LogP contribution in [0.5, 0.6) is 0 Å². The third-order valence-electron chi connectivity index (χ3n) is 3.87. The maximum Gasteiger partial charge on any atom is 0.254 e. The molecule has 3 N–H and O–H groups in total. The van der Waals surface area contributed by atoms with Gasteiger partial charge in [-0.05, 0) is 49.9 Å². The van der Waals surface area contributed by atoms with Crippen LogP contribution in [0.2, 0.25) is 0 Å². The van der Waals surface area contributed by atoms with Crippen molar-refractivity contribution in [2.75, 3.05) is 18.9 Å². The highest BCUT2D eigenvalue weighted by Crippen LogP contribution is 2.20. The lowest BCUT2D eigenvalue weighted by molar-refractivity contribution is -0.116. The lowest BCUT2D eigenvalue weighted by Gasteiger charge is -2.10. The average molecular weight is 472 g/mol. The molecule has 0 fully saturated rings.